The number of nitrogens with zero attached hydrogens (tertiary/aromatic N) is 2. The molecule has 0 atom stereocenters. The van der Waals surface area contributed by atoms with Crippen LogP contribution in [0.3, 0.4) is 0 Å². The fourth-order valence-corrected chi connectivity index (χ4v) is 2.34. The topological polar surface area (TPSA) is 42.1 Å². The molecule has 0 aliphatic carbocycles. The molecule has 0 bridgehead atoms. The van der Waals surface area contributed by atoms with Crippen molar-refractivity contribution in [2.75, 3.05) is 11.9 Å². The lowest BCUT2D eigenvalue weighted by atomic mass is 10.1. The van der Waals surface area contributed by atoms with Crippen LogP contribution in [0.15, 0.2) is 36.4 Å². The lowest BCUT2D eigenvalue weighted by Gasteiger charge is -2.22. The van der Waals surface area contributed by atoms with E-state index >= 15 is 0 Å². The molecule has 2 aromatic rings. The Bertz CT molecular complexity index is 549. The highest BCUT2D eigenvalue weighted by atomic mass is 15.2. The summed E-state index contributed by atoms with van der Waals surface area (Å²) in [5.74, 6) is 0.990. The van der Waals surface area contributed by atoms with E-state index in [0.717, 1.165) is 23.6 Å². The van der Waals surface area contributed by atoms with Crippen molar-refractivity contribution in [2.24, 2.45) is 5.73 Å². The third-order valence-electron chi connectivity index (χ3n) is 3.28. The Morgan fingerprint density at radius 2 is 1.84 bits per heavy atom. The highest BCUT2D eigenvalue weighted by Crippen LogP contribution is 2.22. The summed E-state index contributed by atoms with van der Waals surface area (Å²) in [4.78, 5) is 6.81. The molecular weight excluding hydrogens is 234 g/mol. The van der Waals surface area contributed by atoms with E-state index < -0.39 is 0 Å². The Labute approximate surface area is 115 Å². The lowest BCUT2D eigenvalue weighted by Crippen LogP contribution is -2.21. The first-order chi connectivity index (χ1) is 9.11. The summed E-state index contributed by atoms with van der Waals surface area (Å²) in [6, 6.07) is 12.5. The summed E-state index contributed by atoms with van der Waals surface area (Å²) in [6.45, 7) is 5.47. The van der Waals surface area contributed by atoms with E-state index in [9.17, 15) is 0 Å². The first kappa shape index (κ1) is 13.6. The van der Waals surface area contributed by atoms with E-state index in [2.05, 4.69) is 54.2 Å². The van der Waals surface area contributed by atoms with E-state index in [-0.39, 0.29) is 0 Å². The predicted molar refractivity (Wildman–Crippen MR) is 80.2 cm³/mol. The molecule has 3 heteroatoms. The van der Waals surface area contributed by atoms with Crippen LogP contribution in [0.2, 0.25) is 0 Å². The van der Waals surface area contributed by atoms with Crippen LogP contribution in [0.1, 0.15) is 22.4 Å². The summed E-state index contributed by atoms with van der Waals surface area (Å²) in [7, 11) is 2.06. The molecule has 0 aliphatic heterocycles. The highest BCUT2D eigenvalue weighted by Gasteiger charge is 2.12. The molecule has 0 saturated heterocycles. The molecule has 19 heavy (non-hydrogen) atoms. The minimum absolute atomic E-state index is 0.521. The number of hydrogen-bond acceptors (Lipinski definition) is 3. The SMILES string of the molecule is Cc1cc(C)c(CN)c(N(C)Cc2ccccc2)n1. The number of benzene rings is 1. The van der Waals surface area contributed by atoms with Gasteiger partial charge >= 0.3 is 0 Å². The monoisotopic (exact) mass is 255 g/mol. The average Bonchev–Trinajstić information content (AvgIpc) is 2.39. The lowest BCUT2D eigenvalue weighted by molar-refractivity contribution is 0.865. The molecule has 2 rings (SSSR count). The standard InChI is InChI=1S/C16H21N3/c1-12-9-13(2)18-16(15(12)10-17)19(3)11-14-7-5-4-6-8-14/h4-9H,10-11,17H2,1-3H3. The maximum atomic E-state index is 5.87. The Kier molecular flexibility index (Phi) is 4.17. The number of hydrogen-bond donors (Lipinski definition) is 1. The number of anilines is 1. The van der Waals surface area contributed by atoms with E-state index in [4.69, 9.17) is 5.73 Å². The van der Waals surface area contributed by atoms with Crippen molar-refractivity contribution in [3.63, 3.8) is 0 Å². The van der Waals surface area contributed by atoms with E-state index in [0.29, 0.717) is 6.54 Å². The van der Waals surface area contributed by atoms with Gasteiger partial charge in [0, 0.05) is 31.4 Å². The second-order valence-electron chi connectivity index (χ2n) is 4.93. The van der Waals surface area contributed by atoms with Gasteiger partial charge in [0.1, 0.15) is 5.82 Å². The van der Waals surface area contributed by atoms with E-state index in [1.54, 1.807) is 0 Å². The Morgan fingerprint density at radius 3 is 2.47 bits per heavy atom. The smallest absolute Gasteiger partial charge is 0.133 e. The molecule has 0 unspecified atom stereocenters. The number of rotatable bonds is 4. The van der Waals surface area contributed by atoms with Gasteiger partial charge in [-0.15, -0.1) is 0 Å². The van der Waals surface area contributed by atoms with Crippen molar-refractivity contribution >= 4 is 5.82 Å². The molecule has 0 spiro atoms. The van der Waals surface area contributed by atoms with Crippen LogP contribution in [0, 0.1) is 13.8 Å². The van der Waals surface area contributed by atoms with E-state index in [1.165, 1.54) is 11.1 Å². The normalized spacial score (nSPS) is 10.5. The van der Waals surface area contributed by atoms with Crippen molar-refractivity contribution in [3.05, 3.63) is 58.8 Å². The minimum atomic E-state index is 0.521. The number of pyridine rings is 1. The summed E-state index contributed by atoms with van der Waals surface area (Å²) in [5, 5.41) is 0. The van der Waals surface area contributed by atoms with Gasteiger partial charge in [-0.2, -0.15) is 0 Å². The largest absolute Gasteiger partial charge is 0.355 e. The van der Waals surface area contributed by atoms with Crippen LogP contribution in [-0.4, -0.2) is 12.0 Å². The van der Waals surface area contributed by atoms with Gasteiger partial charge in [0.25, 0.3) is 0 Å². The average molecular weight is 255 g/mol. The number of aromatic nitrogens is 1. The number of nitrogens with two attached hydrogens (primary N) is 1. The molecule has 100 valence electrons. The van der Waals surface area contributed by atoms with Gasteiger partial charge in [0.05, 0.1) is 0 Å². The van der Waals surface area contributed by atoms with Crippen molar-refractivity contribution in [1.82, 2.24) is 4.98 Å². The van der Waals surface area contributed by atoms with Crippen LogP contribution in [-0.2, 0) is 13.1 Å². The second kappa shape index (κ2) is 5.85. The fourth-order valence-electron chi connectivity index (χ4n) is 2.34. The Balaban J connectivity index is 2.30. The third-order valence-corrected chi connectivity index (χ3v) is 3.28. The van der Waals surface area contributed by atoms with Crippen molar-refractivity contribution in [2.45, 2.75) is 26.9 Å². The molecule has 0 amide bonds. The second-order valence-corrected chi connectivity index (χ2v) is 4.93. The Hall–Kier alpha value is -1.87. The zero-order chi connectivity index (χ0) is 13.8. The summed E-state index contributed by atoms with van der Waals surface area (Å²) in [5.41, 5.74) is 10.5. The maximum Gasteiger partial charge on any atom is 0.133 e. The molecule has 3 nitrogen and oxygen atoms in total. The molecule has 2 N–H and O–H groups in total. The van der Waals surface area contributed by atoms with Gasteiger partial charge in [-0.25, -0.2) is 4.98 Å². The van der Waals surface area contributed by atoms with Crippen molar-refractivity contribution in [1.29, 1.82) is 0 Å². The molecule has 0 aliphatic rings. The molecule has 1 heterocycles. The third kappa shape index (κ3) is 3.12. The van der Waals surface area contributed by atoms with E-state index in [1.807, 2.05) is 13.0 Å². The van der Waals surface area contributed by atoms with Gasteiger partial charge in [0.15, 0.2) is 0 Å². The van der Waals surface area contributed by atoms with Gasteiger partial charge in [0.2, 0.25) is 0 Å². The first-order valence-corrected chi connectivity index (χ1v) is 6.54. The number of aryl methyl sites for hydroxylation is 2. The van der Waals surface area contributed by atoms with Crippen LogP contribution in [0.25, 0.3) is 0 Å². The van der Waals surface area contributed by atoms with Gasteiger partial charge < -0.3 is 10.6 Å². The van der Waals surface area contributed by atoms with Crippen LogP contribution < -0.4 is 10.6 Å². The zero-order valence-corrected chi connectivity index (χ0v) is 11.9. The predicted octanol–water partition coefficient (Wildman–Crippen LogP) is 2.79. The van der Waals surface area contributed by atoms with Crippen LogP contribution >= 0.6 is 0 Å². The van der Waals surface area contributed by atoms with Crippen LogP contribution in [0.5, 0.6) is 0 Å². The Morgan fingerprint density at radius 1 is 1.16 bits per heavy atom. The molecule has 0 saturated carbocycles. The van der Waals surface area contributed by atoms with Crippen molar-refractivity contribution in [3.8, 4) is 0 Å². The van der Waals surface area contributed by atoms with Crippen molar-refractivity contribution < 1.29 is 0 Å². The fraction of sp³-hybridized carbons (Fsp3) is 0.312. The molecule has 1 aromatic heterocycles. The highest BCUT2D eigenvalue weighted by molar-refractivity contribution is 5.51. The minimum Gasteiger partial charge on any atom is -0.355 e. The zero-order valence-electron chi connectivity index (χ0n) is 11.9. The quantitative estimate of drug-likeness (QED) is 0.913. The first-order valence-electron chi connectivity index (χ1n) is 6.54. The molecule has 1 aromatic carbocycles. The van der Waals surface area contributed by atoms with Crippen LogP contribution in [0.4, 0.5) is 5.82 Å². The molecule has 0 radical (unpaired) electrons. The molecule has 0 fully saturated rings. The molecular formula is C16H21N3. The van der Waals surface area contributed by atoms with Gasteiger partial charge in [-0.1, -0.05) is 30.3 Å². The van der Waals surface area contributed by atoms with Gasteiger partial charge in [-0.3, -0.25) is 0 Å². The van der Waals surface area contributed by atoms with Gasteiger partial charge in [-0.05, 0) is 31.0 Å². The summed E-state index contributed by atoms with van der Waals surface area (Å²) in [6.07, 6.45) is 0. The summed E-state index contributed by atoms with van der Waals surface area (Å²) >= 11 is 0. The maximum absolute atomic E-state index is 5.87. The summed E-state index contributed by atoms with van der Waals surface area (Å²) < 4.78 is 0.